The second kappa shape index (κ2) is 10.4. The van der Waals surface area contributed by atoms with Gasteiger partial charge in [-0.25, -0.2) is 18.2 Å². The Morgan fingerprint density at radius 1 is 0.870 bits per heavy atom. The van der Waals surface area contributed by atoms with Crippen molar-refractivity contribution in [2.45, 2.75) is 32.6 Å². The van der Waals surface area contributed by atoms with Gasteiger partial charge in [0.15, 0.2) is 0 Å². The first-order valence-electron chi connectivity index (χ1n) is 8.28. The minimum Gasteiger partial charge on any atom is -0.214 e. The molecule has 0 aliphatic heterocycles. The van der Waals surface area contributed by atoms with Crippen LogP contribution in [0, 0.1) is 0 Å². The van der Waals surface area contributed by atoms with E-state index in [1.165, 1.54) is 58.4 Å². The van der Waals surface area contributed by atoms with Crippen molar-refractivity contribution in [3.8, 4) is 0 Å². The Bertz CT molecular complexity index is 621. The molecule has 0 fully saturated rings. The van der Waals surface area contributed by atoms with E-state index in [2.05, 4.69) is 49.4 Å². The van der Waals surface area contributed by atoms with E-state index in [0.717, 1.165) is 0 Å². The summed E-state index contributed by atoms with van der Waals surface area (Å²) in [5.74, 6) is 0. The Hall–Kier alpha value is -1.34. The molecule has 23 heavy (non-hydrogen) atoms. The minimum atomic E-state index is 1.17. The third-order valence-electron chi connectivity index (χ3n) is 3.91. The molecule has 0 atom stereocenters. The first-order valence-corrected chi connectivity index (χ1v) is 10.1. The van der Waals surface area contributed by atoms with Gasteiger partial charge in [-0.15, -0.1) is 0 Å². The van der Waals surface area contributed by atoms with E-state index in [1.54, 1.807) is 11.1 Å². The maximum absolute atomic E-state index is 2.26. The zero-order valence-electron chi connectivity index (χ0n) is 13.8. The Kier molecular flexibility index (Phi) is 8.17. The maximum atomic E-state index is 2.26. The third-order valence-corrected chi connectivity index (χ3v) is 4.95. The second-order valence-electron chi connectivity index (χ2n) is 5.74. The number of benzene rings is 1. The van der Waals surface area contributed by atoms with Crippen molar-refractivity contribution in [3.63, 3.8) is 0 Å². The number of fused-ring (bicyclic) bond motifs is 1. The number of rotatable bonds is 1. The van der Waals surface area contributed by atoms with Crippen molar-refractivity contribution in [3.05, 3.63) is 95.6 Å². The van der Waals surface area contributed by atoms with E-state index in [1.807, 2.05) is 36.4 Å². The van der Waals surface area contributed by atoms with E-state index in [9.17, 15) is 0 Å². The summed E-state index contributed by atoms with van der Waals surface area (Å²) < 4.78 is 1.51. The first-order chi connectivity index (χ1) is 11.3. The predicted octanol–water partition coefficient (Wildman–Crippen LogP) is 5.46. The summed E-state index contributed by atoms with van der Waals surface area (Å²) >= 11 is 1.17. The Labute approximate surface area is 155 Å². The molecule has 0 unspecified atom stereocenters. The predicted molar refractivity (Wildman–Crippen MR) is 96.9 cm³/mol. The largest absolute Gasteiger partial charge is 0.214 e. The Balaban J connectivity index is 0.000000131. The fourth-order valence-corrected chi connectivity index (χ4v) is 3.22. The minimum absolute atomic E-state index is 1.17. The van der Waals surface area contributed by atoms with Crippen LogP contribution in [0.4, 0.5) is 0 Å². The molecule has 0 saturated carbocycles. The molecule has 0 radical (unpaired) electrons. The number of hydrogen-bond donors (Lipinski definition) is 0. The second-order valence-corrected chi connectivity index (χ2v) is 8.43. The molecule has 3 aromatic rings. The third kappa shape index (κ3) is 6.74. The van der Waals surface area contributed by atoms with Gasteiger partial charge in [-0.1, -0.05) is 25.7 Å². The van der Waals surface area contributed by atoms with Gasteiger partial charge in [-0.05, 0) is 0 Å². The van der Waals surface area contributed by atoms with Crippen LogP contribution in [0.2, 0.25) is 0 Å². The van der Waals surface area contributed by atoms with E-state index in [-0.39, 0.29) is 0 Å². The summed E-state index contributed by atoms with van der Waals surface area (Å²) in [5, 5.41) is 0. The molecule has 0 aromatic heterocycles. The molecule has 0 spiro atoms. The molecular formula is C22H24Hf. The average Bonchev–Trinajstić information content (AvgIpc) is 3.30. The summed E-state index contributed by atoms with van der Waals surface area (Å²) in [6.07, 6.45) is 5.44. The van der Waals surface area contributed by atoms with Crippen LogP contribution in [0.5, 0.6) is 0 Å². The van der Waals surface area contributed by atoms with Gasteiger partial charge in [-0.2, -0.15) is 41.5 Å². The van der Waals surface area contributed by atoms with E-state index in [4.69, 9.17) is 0 Å². The molecular weight excluding hydrogens is 443 g/mol. The van der Waals surface area contributed by atoms with Crippen molar-refractivity contribution in [1.29, 1.82) is 0 Å². The number of aryl methyl sites for hydroxylation is 2. The average molecular weight is 467 g/mol. The van der Waals surface area contributed by atoms with E-state index >= 15 is 0 Å². The summed E-state index contributed by atoms with van der Waals surface area (Å²) in [4.78, 5) is 0. The summed E-state index contributed by atoms with van der Waals surface area (Å²) in [5.41, 5.74) is 4.59. The van der Waals surface area contributed by atoms with Crippen molar-refractivity contribution in [2.75, 3.05) is 0 Å². The zero-order chi connectivity index (χ0) is 16.3. The Morgan fingerprint density at radius 3 is 2.09 bits per heavy atom. The van der Waals surface area contributed by atoms with Gasteiger partial charge in [0.2, 0.25) is 0 Å². The van der Waals surface area contributed by atoms with Crippen molar-refractivity contribution >= 4 is 3.26 Å². The summed E-state index contributed by atoms with van der Waals surface area (Å²) in [6.45, 7) is 2.18. The van der Waals surface area contributed by atoms with Gasteiger partial charge < -0.3 is 0 Å². The van der Waals surface area contributed by atoms with Crippen LogP contribution in [-0.2, 0) is 36.7 Å². The molecule has 0 nitrogen and oxygen atoms in total. The van der Waals surface area contributed by atoms with Gasteiger partial charge in [0.05, 0.1) is 0 Å². The smallest absolute Gasteiger partial charge is 0.0512 e. The van der Waals surface area contributed by atoms with Gasteiger partial charge >= 0.3 is 70.0 Å². The maximum Gasteiger partial charge on any atom is -0.0512 e. The Morgan fingerprint density at radius 2 is 1.57 bits per heavy atom. The van der Waals surface area contributed by atoms with Gasteiger partial charge in [0, 0.05) is 0 Å². The van der Waals surface area contributed by atoms with Gasteiger partial charge in [0.25, 0.3) is 0 Å². The molecule has 0 N–H and O–H groups in total. The van der Waals surface area contributed by atoms with Gasteiger partial charge in [0.1, 0.15) is 0 Å². The van der Waals surface area contributed by atoms with E-state index < -0.39 is 0 Å². The fourth-order valence-electron chi connectivity index (χ4n) is 2.62. The van der Waals surface area contributed by atoms with Crippen LogP contribution < -0.4 is 0 Å². The standard InChI is InChI=1S/C9H11.C8H8.C5H5.Hf/c1-2-5-9-7-3-6-8(9)4-1;1-2-8-6-4-3-5-7-8;1-2-4-5-3-1;/h3,6-7H,1-2,4-5H2;3-7H,1H3;1-5H;/q-1;;-1;+2. The van der Waals surface area contributed by atoms with Crippen molar-refractivity contribution < 1.29 is 23.9 Å². The van der Waals surface area contributed by atoms with Crippen LogP contribution >= 0.6 is 0 Å². The van der Waals surface area contributed by atoms with Gasteiger partial charge in [-0.3, -0.25) is 0 Å². The molecule has 116 valence electrons. The first kappa shape index (κ1) is 18.0. The molecule has 3 aromatic carbocycles. The van der Waals surface area contributed by atoms with Crippen molar-refractivity contribution in [2.24, 2.45) is 0 Å². The molecule has 1 aliphatic rings. The summed E-state index contributed by atoms with van der Waals surface area (Å²) in [7, 11) is 0. The normalized spacial score (nSPS) is 12.1. The molecule has 4 rings (SSSR count). The summed E-state index contributed by atoms with van der Waals surface area (Å²) in [6, 6.07) is 27.2. The molecule has 0 heterocycles. The van der Waals surface area contributed by atoms with E-state index in [0.29, 0.717) is 0 Å². The van der Waals surface area contributed by atoms with Crippen molar-refractivity contribution in [1.82, 2.24) is 0 Å². The van der Waals surface area contributed by atoms with Crippen LogP contribution in [0.25, 0.3) is 0 Å². The number of hydrogen-bond acceptors (Lipinski definition) is 0. The zero-order valence-corrected chi connectivity index (χ0v) is 17.4. The topological polar surface area (TPSA) is 0 Å². The van der Waals surface area contributed by atoms with Crippen LogP contribution in [0.3, 0.4) is 0 Å². The molecule has 0 amide bonds. The van der Waals surface area contributed by atoms with Crippen LogP contribution in [-0.4, -0.2) is 3.26 Å². The molecule has 1 aliphatic carbocycles. The van der Waals surface area contributed by atoms with Crippen LogP contribution in [0.1, 0.15) is 36.5 Å². The monoisotopic (exact) mass is 468 g/mol. The fraction of sp³-hybridized carbons (Fsp3) is 0.227. The molecule has 0 saturated heterocycles. The SMILES string of the molecule is C[C](=[Hf+2])c1ccccc1.c1cc2c([cH-]1)CCCC2.c1cc[cH-]c1. The van der Waals surface area contributed by atoms with Crippen LogP contribution in [0.15, 0.2) is 78.9 Å². The quantitative estimate of drug-likeness (QED) is 0.330. The molecule has 1 heteroatoms. The molecule has 0 bridgehead atoms.